The number of nitrogens with one attached hydrogen (secondary N) is 1. The number of pyridine rings is 1. The predicted octanol–water partition coefficient (Wildman–Crippen LogP) is 1.47. The number of anilines is 1. The number of nitriles is 1. The van der Waals surface area contributed by atoms with Crippen molar-refractivity contribution < 1.29 is 27.5 Å². The molecular formula is C11H8F3N3O3. The van der Waals surface area contributed by atoms with Gasteiger partial charge in [0.2, 0.25) is 0 Å². The summed E-state index contributed by atoms with van der Waals surface area (Å²) in [6.07, 6.45) is -3.48. The van der Waals surface area contributed by atoms with E-state index in [1.165, 1.54) is 13.0 Å². The van der Waals surface area contributed by atoms with E-state index in [0.717, 1.165) is 0 Å². The molecule has 1 amide bonds. The van der Waals surface area contributed by atoms with Crippen LogP contribution in [-0.4, -0.2) is 23.5 Å². The molecule has 0 aliphatic carbocycles. The Morgan fingerprint density at radius 2 is 2.10 bits per heavy atom. The predicted molar refractivity (Wildman–Crippen MR) is 59.2 cm³/mol. The molecule has 20 heavy (non-hydrogen) atoms. The Balaban J connectivity index is 3.17. The van der Waals surface area contributed by atoms with E-state index in [1.807, 2.05) is 0 Å². The number of esters is 1. The lowest BCUT2D eigenvalue weighted by Gasteiger charge is -2.13. The van der Waals surface area contributed by atoms with Gasteiger partial charge in [-0.25, -0.2) is 4.79 Å². The van der Waals surface area contributed by atoms with Gasteiger partial charge < -0.3 is 10.1 Å². The minimum absolute atomic E-state index is 0.102. The van der Waals surface area contributed by atoms with Gasteiger partial charge in [0.25, 0.3) is 0 Å². The largest absolute Gasteiger partial charge is 0.459 e. The van der Waals surface area contributed by atoms with E-state index < -0.39 is 34.9 Å². The second kappa shape index (κ2) is 6.01. The van der Waals surface area contributed by atoms with Crippen molar-refractivity contribution in [1.82, 2.24) is 4.98 Å². The third-order valence-corrected chi connectivity index (χ3v) is 2.06. The topological polar surface area (TPSA) is 92.1 Å². The van der Waals surface area contributed by atoms with Crippen LogP contribution in [0.3, 0.4) is 0 Å². The summed E-state index contributed by atoms with van der Waals surface area (Å²) in [6.45, 7) is 1.33. The summed E-state index contributed by atoms with van der Waals surface area (Å²) in [7, 11) is 0. The lowest BCUT2D eigenvalue weighted by Crippen LogP contribution is -2.26. The Labute approximate surface area is 111 Å². The Bertz CT molecular complexity index is 579. The molecule has 0 unspecified atom stereocenters. The van der Waals surface area contributed by atoms with Gasteiger partial charge in [0.1, 0.15) is 6.07 Å². The first-order valence-corrected chi connectivity index (χ1v) is 5.24. The summed E-state index contributed by atoms with van der Waals surface area (Å²) in [6, 6.07) is 1.32. The molecule has 1 aromatic rings. The molecule has 9 heteroatoms. The van der Waals surface area contributed by atoms with E-state index in [4.69, 9.17) is 5.26 Å². The average Bonchev–Trinajstić information content (AvgIpc) is 2.37. The summed E-state index contributed by atoms with van der Waals surface area (Å²) < 4.78 is 42.9. The molecule has 0 bridgehead atoms. The van der Waals surface area contributed by atoms with Crippen LogP contribution in [0.5, 0.6) is 0 Å². The molecular weight excluding hydrogens is 279 g/mol. The Morgan fingerprint density at radius 3 is 2.60 bits per heavy atom. The zero-order valence-corrected chi connectivity index (χ0v) is 10.1. The number of aromatic nitrogens is 1. The highest BCUT2D eigenvalue weighted by Gasteiger charge is 2.37. The zero-order valence-electron chi connectivity index (χ0n) is 10.1. The van der Waals surface area contributed by atoms with Crippen LogP contribution in [-0.2, 0) is 20.5 Å². The molecule has 0 aromatic carbocycles. The Hall–Kier alpha value is -2.63. The van der Waals surface area contributed by atoms with Crippen LogP contribution in [0.2, 0.25) is 0 Å². The fourth-order valence-corrected chi connectivity index (χ4v) is 1.32. The van der Waals surface area contributed by atoms with Crippen molar-refractivity contribution in [3.05, 3.63) is 23.5 Å². The summed E-state index contributed by atoms with van der Waals surface area (Å²) >= 11 is 0. The molecule has 1 aromatic heterocycles. The van der Waals surface area contributed by atoms with Crippen LogP contribution >= 0.6 is 0 Å². The Morgan fingerprint density at radius 1 is 1.45 bits per heavy atom. The molecule has 0 radical (unpaired) electrons. The van der Waals surface area contributed by atoms with E-state index >= 15 is 0 Å². The maximum absolute atomic E-state index is 12.8. The number of alkyl halides is 3. The first kappa shape index (κ1) is 15.4. The van der Waals surface area contributed by atoms with Gasteiger partial charge in [-0.05, 0) is 6.92 Å². The van der Waals surface area contributed by atoms with Crippen molar-refractivity contribution in [3.8, 4) is 6.07 Å². The third-order valence-electron chi connectivity index (χ3n) is 2.06. The number of amides is 1. The molecule has 0 spiro atoms. The van der Waals surface area contributed by atoms with Gasteiger partial charge in [0, 0.05) is 6.20 Å². The molecule has 0 aliphatic rings. The molecule has 0 atom stereocenters. The SMILES string of the molecule is CCOC(=O)C(=O)Nc1cncc(C#N)c1C(F)(F)F. The van der Waals surface area contributed by atoms with Crippen LogP contribution in [0.25, 0.3) is 0 Å². The zero-order chi connectivity index (χ0) is 15.3. The fourth-order valence-electron chi connectivity index (χ4n) is 1.32. The summed E-state index contributed by atoms with van der Waals surface area (Å²) in [4.78, 5) is 25.8. The molecule has 6 nitrogen and oxygen atoms in total. The van der Waals surface area contributed by atoms with E-state index in [1.54, 1.807) is 5.32 Å². The first-order valence-electron chi connectivity index (χ1n) is 5.24. The standard InChI is InChI=1S/C11H8F3N3O3/c1-2-20-10(19)9(18)17-7-5-16-4-6(3-15)8(7)11(12,13)14/h4-5H,2H2,1H3,(H,17,18). The highest BCUT2D eigenvalue weighted by Crippen LogP contribution is 2.36. The molecule has 0 saturated carbocycles. The normalized spacial score (nSPS) is 10.6. The number of carbonyl (C=O) groups is 2. The van der Waals surface area contributed by atoms with Gasteiger partial charge in [-0.3, -0.25) is 9.78 Å². The third kappa shape index (κ3) is 3.44. The second-order valence-electron chi connectivity index (χ2n) is 3.39. The van der Waals surface area contributed by atoms with E-state index in [9.17, 15) is 22.8 Å². The van der Waals surface area contributed by atoms with Crippen molar-refractivity contribution >= 4 is 17.6 Å². The summed E-state index contributed by atoms with van der Waals surface area (Å²) in [5.41, 5.74) is -2.92. The lowest BCUT2D eigenvalue weighted by molar-refractivity contribution is -0.152. The van der Waals surface area contributed by atoms with Gasteiger partial charge in [-0.15, -0.1) is 0 Å². The number of ether oxygens (including phenoxy) is 1. The maximum Gasteiger partial charge on any atom is 0.419 e. The van der Waals surface area contributed by atoms with Crippen LogP contribution in [0.1, 0.15) is 18.1 Å². The van der Waals surface area contributed by atoms with Gasteiger partial charge in [-0.2, -0.15) is 18.4 Å². The van der Waals surface area contributed by atoms with Crippen molar-refractivity contribution in [3.63, 3.8) is 0 Å². The number of hydrogen-bond donors (Lipinski definition) is 1. The minimum Gasteiger partial charge on any atom is -0.459 e. The number of rotatable bonds is 2. The van der Waals surface area contributed by atoms with E-state index in [-0.39, 0.29) is 6.61 Å². The molecule has 0 saturated heterocycles. The molecule has 0 aliphatic heterocycles. The minimum atomic E-state index is -4.88. The number of nitrogens with zero attached hydrogens (tertiary/aromatic N) is 2. The van der Waals surface area contributed by atoms with Gasteiger partial charge in [-0.1, -0.05) is 0 Å². The van der Waals surface area contributed by atoms with Crippen molar-refractivity contribution in [2.45, 2.75) is 13.1 Å². The van der Waals surface area contributed by atoms with Crippen LogP contribution in [0.15, 0.2) is 12.4 Å². The van der Waals surface area contributed by atoms with Crippen molar-refractivity contribution in [2.75, 3.05) is 11.9 Å². The highest BCUT2D eigenvalue weighted by molar-refractivity contribution is 6.37. The fraction of sp³-hybridized carbons (Fsp3) is 0.273. The van der Waals surface area contributed by atoms with Crippen molar-refractivity contribution in [2.24, 2.45) is 0 Å². The van der Waals surface area contributed by atoms with Gasteiger partial charge in [0.05, 0.1) is 29.6 Å². The summed E-state index contributed by atoms with van der Waals surface area (Å²) in [5.74, 6) is -2.71. The van der Waals surface area contributed by atoms with Crippen LogP contribution in [0.4, 0.5) is 18.9 Å². The molecule has 1 N–H and O–H groups in total. The van der Waals surface area contributed by atoms with Gasteiger partial charge >= 0.3 is 18.1 Å². The van der Waals surface area contributed by atoms with E-state index in [0.29, 0.717) is 12.4 Å². The van der Waals surface area contributed by atoms with Crippen molar-refractivity contribution in [1.29, 1.82) is 5.26 Å². The lowest BCUT2D eigenvalue weighted by atomic mass is 10.1. The molecule has 0 fully saturated rings. The maximum atomic E-state index is 12.8. The van der Waals surface area contributed by atoms with Crippen LogP contribution in [0, 0.1) is 11.3 Å². The number of halogens is 3. The monoisotopic (exact) mass is 287 g/mol. The first-order chi connectivity index (χ1) is 9.31. The molecule has 106 valence electrons. The van der Waals surface area contributed by atoms with E-state index in [2.05, 4.69) is 9.72 Å². The second-order valence-corrected chi connectivity index (χ2v) is 3.39. The van der Waals surface area contributed by atoms with Gasteiger partial charge in [0.15, 0.2) is 0 Å². The van der Waals surface area contributed by atoms with Crippen LogP contribution < -0.4 is 5.32 Å². The molecule has 1 rings (SSSR count). The Kier molecular flexibility index (Phi) is 4.63. The highest BCUT2D eigenvalue weighted by atomic mass is 19.4. The smallest absolute Gasteiger partial charge is 0.419 e. The summed E-state index contributed by atoms with van der Waals surface area (Å²) in [5, 5.41) is 10.4. The number of hydrogen-bond acceptors (Lipinski definition) is 5. The molecule has 1 heterocycles. The quantitative estimate of drug-likeness (QED) is 0.657. The average molecular weight is 287 g/mol. The number of carbonyl (C=O) groups excluding carboxylic acids is 2.